The van der Waals surface area contributed by atoms with Gasteiger partial charge in [0, 0.05) is 24.6 Å². The fourth-order valence-corrected chi connectivity index (χ4v) is 2.23. The van der Waals surface area contributed by atoms with E-state index in [1.165, 1.54) is 6.92 Å². The van der Waals surface area contributed by atoms with Crippen molar-refractivity contribution in [2.45, 2.75) is 26.4 Å². The van der Waals surface area contributed by atoms with Crippen LogP contribution in [0.3, 0.4) is 0 Å². The lowest BCUT2D eigenvalue weighted by Gasteiger charge is -2.17. The third kappa shape index (κ3) is 3.04. The zero-order valence-electron chi connectivity index (χ0n) is 13.1. The molecule has 0 spiro atoms. The summed E-state index contributed by atoms with van der Waals surface area (Å²) in [7, 11) is 0. The minimum Gasteiger partial charge on any atom is -0.384 e. The molecule has 0 saturated heterocycles. The third-order valence-electron chi connectivity index (χ3n) is 3.33. The van der Waals surface area contributed by atoms with Gasteiger partial charge in [-0.3, -0.25) is 4.79 Å². The molecule has 0 bridgehead atoms. The average Bonchev–Trinajstić information content (AvgIpc) is 2.89. The van der Waals surface area contributed by atoms with E-state index in [-0.39, 0.29) is 5.91 Å². The molecule has 0 aromatic carbocycles. The van der Waals surface area contributed by atoms with Crippen molar-refractivity contribution in [3.8, 4) is 5.82 Å². The Morgan fingerprint density at radius 3 is 2.78 bits per heavy atom. The van der Waals surface area contributed by atoms with Gasteiger partial charge in [-0.25, -0.2) is 14.6 Å². The monoisotopic (exact) mass is 311 g/mol. The van der Waals surface area contributed by atoms with Crippen LogP contribution in [0.2, 0.25) is 0 Å². The third-order valence-corrected chi connectivity index (χ3v) is 3.33. The maximum absolute atomic E-state index is 11.2. The van der Waals surface area contributed by atoms with Crippen molar-refractivity contribution in [3.05, 3.63) is 42.4 Å². The highest BCUT2D eigenvalue weighted by Crippen LogP contribution is 2.22. The number of fused-ring (bicyclic) bond motifs is 1. The summed E-state index contributed by atoms with van der Waals surface area (Å²) in [5.41, 5.74) is 0.279. The Bertz CT molecular complexity index is 880. The predicted octanol–water partition coefficient (Wildman–Crippen LogP) is 2.00. The van der Waals surface area contributed by atoms with E-state index in [4.69, 9.17) is 0 Å². The van der Waals surface area contributed by atoms with Gasteiger partial charge in [-0.2, -0.15) is 5.10 Å². The lowest BCUT2D eigenvalue weighted by molar-refractivity contribution is -0.114. The van der Waals surface area contributed by atoms with Gasteiger partial charge in [-0.1, -0.05) is 6.07 Å². The SMILES string of the molecule is CC(=O)Nc1cc2c(cn1)cnn2-c1cccc(C(C)(C)O)n1. The van der Waals surface area contributed by atoms with Gasteiger partial charge in [0.25, 0.3) is 0 Å². The van der Waals surface area contributed by atoms with E-state index in [2.05, 4.69) is 20.4 Å². The number of pyridine rings is 2. The first-order valence-electron chi connectivity index (χ1n) is 7.16. The molecule has 2 N–H and O–H groups in total. The molecule has 3 aromatic rings. The quantitative estimate of drug-likeness (QED) is 0.771. The van der Waals surface area contributed by atoms with Crippen molar-refractivity contribution in [2.75, 3.05) is 5.32 Å². The van der Waals surface area contributed by atoms with Crippen LogP contribution in [0.25, 0.3) is 16.7 Å². The molecule has 0 aliphatic heterocycles. The van der Waals surface area contributed by atoms with Gasteiger partial charge in [0.15, 0.2) is 5.82 Å². The summed E-state index contributed by atoms with van der Waals surface area (Å²) in [4.78, 5) is 19.8. The molecule has 0 radical (unpaired) electrons. The molecule has 7 heteroatoms. The Morgan fingerprint density at radius 1 is 1.30 bits per heavy atom. The number of hydrogen-bond donors (Lipinski definition) is 2. The number of carbonyl (C=O) groups is 1. The molecule has 0 atom stereocenters. The largest absolute Gasteiger partial charge is 0.384 e. The fraction of sp³-hybridized carbons (Fsp3) is 0.250. The molecule has 0 fully saturated rings. The number of anilines is 1. The van der Waals surface area contributed by atoms with Gasteiger partial charge in [-0.15, -0.1) is 0 Å². The first-order valence-corrected chi connectivity index (χ1v) is 7.16. The van der Waals surface area contributed by atoms with Crippen molar-refractivity contribution in [1.82, 2.24) is 19.7 Å². The van der Waals surface area contributed by atoms with E-state index < -0.39 is 5.60 Å². The predicted molar refractivity (Wildman–Crippen MR) is 86.2 cm³/mol. The molecular weight excluding hydrogens is 294 g/mol. The van der Waals surface area contributed by atoms with Gasteiger partial charge < -0.3 is 10.4 Å². The van der Waals surface area contributed by atoms with Crippen molar-refractivity contribution < 1.29 is 9.90 Å². The van der Waals surface area contributed by atoms with Crippen molar-refractivity contribution in [2.24, 2.45) is 0 Å². The minimum atomic E-state index is -1.04. The zero-order valence-corrected chi connectivity index (χ0v) is 13.1. The number of aliphatic hydroxyl groups is 1. The first kappa shape index (κ1) is 15.1. The maximum Gasteiger partial charge on any atom is 0.222 e. The molecule has 1 amide bonds. The Labute approximate surface area is 133 Å². The summed E-state index contributed by atoms with van der Waals surface area (Å²) >= 11 is 0. The Balaban J connectivity index is 2.11. The summed E-state index contributed by atoms with van der Waals surface area (Å²) in [6.07, 6.45) is 3.32. The maximum atomic E-state index is 11.2. The molecule has 3 heterocycles. The van der Waals surface area contributed by atoms with Crippen LogP contribution in [0.15, 0.2) is 36.7 Å². The second-order valence-corrected chi connectivity index (χ2v) is 5.81. The van der Waals surface area contributed by atoms with Gasteiger partial charge in [-0.05, 0) is 26.0 Å². The Kier molecular flexibility index (Phi) is 3.57. The normalized spacial score (nSPS) is 11.7. The topological polar surface area (TPSA) is 92.9 Å². The summed E-state index contributed by atoms with van der Waals surface area (Å²) in [6.45, 7) is 4.79. The molecule has 0 saturated carbocycles. The van der Waals surface area contributed by atoms with E-state index >= 15 is 0 Å². The van der Waals surface area contributed by atoms with E-state index in [1.54, 1.807) is 49.1 Å². The molecule has 3 aromatic heterocycles. The highest BCUT2D eigenvalue weighted by Gasteiger charge is 2.18. The summed E-state index contributed by atoms with van der Waals surface area (Å²) < 4.78 is 1.65. The zero-order chi connectivity index (χ0) is 16.6. The molecule has 0 aliphatic carbocycles. The summed E-state index contributed by atoms with van der Waals surface area (Å²) in [5.74, 6) is 0.843. The van der Waals surface area contributed by atoms with Crippen LogP contribution in [0, 0.1) is 0 Å². The number of rotatable bonds is 3. The second-order valence-electron chi connectivity index (χ2n) is 5.81. The molecule has 23 heavy (non-hydrogen) atoms. The number of amides is 1. The average molecular weight is 311 g/mol. The fourth-order valence-electron chi connectivity index (χ4n) is 2.23. The minimum absolute atomic E-state index is 0.190. The highest BCUT2D eigenvalue weighted by molar-refractivity contribution is 5.90. The lowest BCUT2D eigenvalue weighted by atomic mass is 10.1. The van der Waals surface area contributed by atoms with Crippen LogP contribution in [0.1, 0.15) is 26.5 Å². The summed E-state index contributed by atoms with van der Waals surface area (Å²) in [5, 5.41) is 17.9. The number of nitrogens with zero attached hydrogens (tertiary/aromatic N) is 4. The molecule has 3 rings (SSSR count). The molecule has 0 aliphatic rings. The molecule has 118 valence electrons. The van der Waals surface area contributed by atoms with Crippen LogP contribution >= 0.6 is 0 Å². The first-order chi connectivity index (χ1) is 10.8. The Hall–Kier alpha value is -2.80. The number of hydrogen-bond acceptors (Lipinski definition) is 5. The van der Waals surface area contributed by atoms with Crippen LogP contribution in [0.4, 0.5) is 5.82 Å². The van der Waals surface area contributed by atoms with E-state index in [0.29, 0.717) is 17.3 Å². The van der Waals surface area contributed by atoms with E-state index in [1.807, 2.05) is 6.07 Å². The summed E-state index contributed by atoms with van der Waals surface area (Å²) in [6, 6.07) is 7.13. The van der Waals surface area contributed by atoms with E-state index in [9.17, 15) is 9.90 Å². The second kappa shape index (κ2) is 5.44. The smallest absolute Gasteiger partial charge is 0.222 e. The Morgan fingerprint density at radius 2 is 2.09 bits per heavy atom. The van der Waals surface area contributed by atoms with Gasteiger partial charge in [0.2, 0.25) is 5.91 Å². The van der Waals surface area contributed by atoms with Crippen molar-refractivity contribution in [1.29, 1.82) is 0 Å². The van der Waals surface area contributed by atoms with Gasteiger partial charge in [0.05, 0.1) is 17.4 Å². The van der Waals surface area contributed by atoms with E-state index in [0.717, 1.165) is 10.9 Å². The standard InChI is InChI=1S/C16H17N5O2/c1-10(22)19-14-7-12-11(8-17-14)9-18-21(12)15-6-4-5-13(20-15)16(2,3)23/h4-9,23H,1-3H3,(H,17,19,22). The van der Waals surface area contributed by atoms with Crippen LogP contribution in [-0.4, -0.2) is 30.8 Å². The highest BCUT2D eigenvalue weighted by atomic mass is 16.3. The number of carbonyl (C=O) groups excluding carboxylic acids is 1. The van der Waals surface area contributed by atoms with Crippen LogP contribution < -0.4 is 5.32 Å². The molecular formula is C16H17N5O2. The van der Waals surface area contributed by atoms with Crippen LogP contribution in [-0.2, 0) is 10.4 Å². The molecule has 7 nitrogen and oxygen atoms in total. The van der Waals surface area contributed by atoms with Crippen molar-refractivity contribution >= 4 is 22.6 Å². The van der Waals surface area contributed by atoms with Gasteiger partial charge in [0.1, 0.15) is 11.4 Å². The molecule has 0 unspecified atom stereocenters. The lowest BCUT2D eigenvalue weighted by Crippen LogP contribution is -2.18. The number of aromatic nitrogens is 4. The van der Waals surface area contributed by atoms with Gasteiger partial charge >= 0.3 is 0 Å². The van der Waals surface area contributed by atoms with Crippen LogP contribution in [0.5, 0.6) is 0 Å². The number of nitrogens with one attached hydrogen (secondary N) is 1. The van der Waals surface area contributed by atoms with Crippen molar-refractivity contribution in [3.63, 3.8) is 0 Å².